The molecule has 1 heterocycles. The molecule has 0 amide bonds. The van der Waals surface area contributed by atoms with Crippen LogP contribution < -0.4 is 4.74 Å². The Bertz CT molecular complexity index is 635. The zero-order chi connectivity index (χ0) is 13.3. The lowest BCUT2D eigenvalue weighted by Gasteiger charge is -2.10. The second-order valence-electron chi connectivity index (χ2n) is 4.29. The molecule has 0 fully saturated rings. The molecule has 4 heteroatoms. The fourth-order valence-electron chi connectivity index (χ4n) is 2.05. The van der Waals surface area contributed by atoms with E-state index in [0.717, 1.165) is 34.0 Å². The van der Waals surface area contributed by atoms with Crippen LogP contribution >= 0.6 is 0 Å². The maximum absolute atomic E-state index is 9.10. The summed E-state index contributed by atoms with van der Waals surface area (Å²) in [6.45, 7) is 5.82. The van der Waals surface area contributed by atoms with Crippen LogP contribution in [0.4, 0.5) is 0 Å². The highest BCUT2D eigenvalue weighted by atomic mass is 16.5. The average molecular weight is 241 g/mol. The van der Waals surface area contributed by atoms with Gasteiger partial charge in [0.1, 0.15) is 17.6 Å². The van der Waals surface area contributed by atoms with Crippen molar-refractivity contribution in [2.45, 2.75) is 20.8 Å². The van der Waals surface area contributed by atoms with Gasteiger partial charge in [-0.1, -0.05) is 0 Å². The number of imidazole rings is 1. The summed E-state index contributed by atoms with van der Waals surface area (Å²) >= 11 is 0. The van der Waals surface area contributed by atoms with Crippen LogP contribution in [0.25, 0.3) is 11.3 Å². The van der Waals surface area contributed by atoms with Crippen LogP contribution in [-0.2, 0) is 0 Å². The van der Waals surface area contributed by atoms with E-state index in [1.54, 1.807) is 7.11 Å². The first kappa shape index (κ1) is 12.2. The Morgan fingerprint density at radius 2 is 1.94 bits per heavy atom. The van der Waals surface area contributed by atoms with Gasteiger partial charge in [0.15, 0.2) is 5.69 Å². The van der Waals surface area contributed by atoms with E-state index in [1.807, 2.05) is 32.9 Å². The molecule has 0 spiro atoms. The third-order valence-corrected chi connectivity index (χ3v) is 2.94. The number of hydrogen-bond acceptors (Lipinski definition) is 3. The van der Waals surface area contributed by atoms with Crippen LogP contribution in [0.15, 0.2) is 12.1 Å². The van der Waals surface area contributed by atoms with E-state index in [1.165, 1.54) is 0 Å². The lowest BCUT2D eigenvalue weighted by molar-refractivity contribution is 0.411. The molecule has 0 aliphatic rings. The standard InChI is InChI=1S/C14H15N3O/c1-8-6-13(18-4)9(2)5-11(8)14-12(7-15)16-10(3)17-14/h5-6H,1-4H3,(H,16,17). The molecular weight excluding hydrogens is 226 g/mol. The molecule has 18 heavy (non-hydrogen) atoms. The summed E-state index contributed by atoms with van der Waals surface area (Å²) in [5, 5.41) is 9.10. The van der Waals surface area contributed by atoms with E-state index in [0.29, 0.717) is 5.69 Å². The second-order valence-corrected chi connectivity index (χ2v) is 4.29. The van der Waals surface area contributed by atoms with Crippen LogP contribution in [0.1, 0.15) is 22.6 Å². The molecule has 2 aromatic rings. The summed E-state index contributed by atoms with van der Waals surface area (Å²) in [6, 6.07) is 6.11. The van der Waals surface area contributed by atoms with Crippen molar-refractivity contribution in [2.24, 2.45) is 0 Å². The number of nitriles is 1. The van der Waals surface area contributed by atoms with Gasteiger partial charge in [-0.3, -0.25) is 0 Å². The predicted molar refractivity (Wildman–Crippen MR) is 69.5 cm³/mol. The average Bonchev–Trinajstić information content (AvgIpc) is 2.72. The molecule has 0 atom stereocenters. The monoisotopic (exact) mass is 241 g/mol. The SMILES string of the molecule is COc1cc(C)c(-c2[nH]c(C)nc2C#N)cc1C. The number of aromatic amines is 1. The van der Waals surface area contributed by atoms with Crippen molar-refractivity contribution in [1.82, 2.24) is 9.97 Å². The minimum Gasteiger partial charge on any atom is -0.496 e. The van der Waals surface area contributed by atoms with Gasteiger partial charge in [0.05, 0.1) is 12.8 Å². The number of aromatic nitrogens is 2. The number of hydrogen-bond donors (Lipinski definition) is 1. The first-order chi connectivity index (χ1) is 8.56. The van der Waals surface area contributed by atoms with Gasteiger partial charge < -0.3 is 9.72 Å². The van der Waals surface area contributed by atoms with Crippen LogP contribution in [0.5, 0.6) is 5.75 Å². The van der Waals surface area contributed by atoms with E-state index < -0.39 is 0 Å². The van der Waals surface area contributed by atoms with Gasteiger partial charge in [0.25, 0.3) is 0 Å². The Hall–Kier alpha value is -2.28. The number of aryl methyl sites for hydroxylation is 3. The number of methoxy groups -OCH3 is 1. The molecule has 4 nitrogen and oxygen atoms in total. The highest BCUT2D eigenvalue weighted by Crippen LogP contribution is 2.30. The molecule has 0 unspecified atom stereocenters. The predicted octanol–water partition coefficient (Wildman–Crippen LogP) is 2.88. The van der Waals surface area contributed by atoms with Crippen molar-refractivity contribution in [3.63, 3.8) is 0 Å². The van der Waals surface area contributed by atoms with Crippen molar-refractivity contribution in [1.29, 1.82) is 5.26 Å². The fraction of sp³-hybridized carbons (Fsp3) is 0.286. The van der Waals surface area contributed by atoms with Gasteiger partial charge in [0.2, 0.25) is 0 Å². The zero-order valence-corrected chi connectivity index (χ0v) is 11.0. The Morgan fingerprint density at radius 3 is 2.56 bits per heavy atom. The summed E-state index contributed by atoms with van der Waals surface area (Å²) < 4.78 is 5.29. The lowest BCUT2D eigenvalue weighted by atomic mass is 10.0. The number of nitrogens with zero attached hydrogens (tertiary/aromatic N) is 2. The number of nitrogens with one attached hydrogen (secondary N) is 1. The third kappa shape index (κ3) is 1.95. The van der Waals surface area contributed by atoms with E-state index in [-0.39, 0.29) is 0 Å². The molecule has 0 aliphatic heterocycles. The van der Waals surface area contributed by atoms with Crippen molar-refractivity contribution in [2.75, 3.05) is 7.11 Å². The van der Waals surface area contributed by atoms with Crippen molar-refractivity contribution < 1.29 is 4.74 Å². The topological polar surface area (TPSA) is 61.7 Å². The molecule has 0 saturated carbocycles. The van der Waals surface area contributed by atoms with Gasteiger partial charge in [0, 0.05) is 5.56 Å². The maximum atomic E-state index is 9.10. The number of ether oxygens (including phenoxy) is 1. The summed E-state index contributed by atoms with van der Waals surface area (Å²) in [6.07, 6.45) is 0. The normalized spacial score (nSPS) is 10.2. The van der Waals surface area contributed by atoms with Crippen molar-refractivity contribution >= 4 is 0 Å². The van der Waals surface area contributed by atoms with E-state index in [2.05, 4.69) is 16.0 Å². The van der Waals surface area contributed by atoms with Gasteiger partial charge in [-0.25, -0.2) is 4.98 Å². The maximum Gasteiger partial charge on any atom is 0.166 e. The Kier molecular flexibility index (Phi) is 3.07. The van der Waals surface area contributed by atoms with Gasteiger partial charge in [-0.15, -0.1) is 0 Å². The number of H-pyrrole nitrogens is 1. The Balaban J connectivity index is 2.65. The second kappa shape index (κ2) is 4.53. The summed E-state index contributed by atoms with van der Waals surface area (Å²) in [4.78, 5) is 7.31. The Morgan fingerprint density at radius 1 is 1.22 bits per heavy atom. The van der Waals surface area contributed by atoms with Gasteiger partial charge in [-0.05, 0) is 44.0 Å². The number of benzene rings is 1. The molecule has 92 valence electrons. The summed E-state index contributed by atoms with van der Waals surface area (Å²) in [7, 11) is 1.66. The summed E-state index contributed by atoms with van der Waals surface area (Å²) in [5.74, 6) is 1.60. The lowest BCUT2D eigenvalue weighted by Crippen LogP contribution is -1.93. The first-order valence-corrected chi connectivity index (χ1v) is 5.69. The van der Waals surface area contributed by atoms with E-state index in [9.17, 15) is 0 Å². The van der Waals surface area contributed by atoms with Crippen LogP contribution in [0.3, 0.4) is 0 Å². The molecule has 0 saturated heterocycles. The van der Waals surface area contributed by atoms with E-state index >= 15 is 0 Å². The molecule has 0 aliphatic carbocycles. The molecule has 0 radical (unpaired) electrons. The van der Waals surface area contributed by atoms with Crippen LogP contribution in [0, 0.1) is 32.1 Å². The minimum absolute atomic E-state index is 0.431. The fourth-order valence-corrected chi connectivity index (χ4v) is 2.05. The molecule has 0 bridgehead atoms. The van der Waals surface area contributed by atoms with Crippen LogP contribution in [0.2, 0.25) is 0 Å². The molecule has 2 rings (SSSR count). The Labute approximate surface area is 106 Å². The molecule has 1 N–H and O–H groups in total. The third-order valence-electron chi connectivity index (χ3n) is 2.94. The largest absolute Gasteiger partial charge is 0.496 e. The molecule has 1 aromatic carbocycles. The smallest absolute Gasteiger partial charge is 0.166 e. The van der Waals surface area contributed by atoms with Crippen LogP contribution in [-0.4, -0.2) is 17.1 Å². The van der Waals surface area contributed by atoms with Crippen molar-refractivity contribution in [3.8, 4) is 23.1 Å². The molecule has 1 aromatic heterocycles. The van der Waals surface area contributed by atoms with Gasteiger partial charge in [-0.2, -0.15) is 5.26 Å². The van der Waals surface area contributed by atoms with Crippen molar-refractivity contribution in [3.05, 3.63) is 34.8 Å². The van der Waals surface area contributed by atoms with E-state index in [4.69, 9.17) is 10.00 Å². The minimum atomic E-state index is 0.431. The summed E-state index contributed by atoms with van der Waals surface area (Å²) in [5.41, 5.74) is 4.29. The highest BCUT2D eigenvalue weighted by molar-refractivity contribution is 5.70. The highest BCUT2D eigenvalue weighted by Gasteiger charge is 2.14. The molecular formula is C14H15N3O. The first-order valence-electron chi connectivity index (χ1n) is 5.69. The number of rotatable bonds is 2. The zero-order valence-electron chi connectivity index (χ0n) is 11.0. The van der Waals surface area contributed by atoms with Gasteiger partial charge >= 0.3 is 0 Å². The quantitative estimate of drug-likeness (QED) is 0.879.